The van der Waals surface area contributed by atoms with Crippen LogP contribution in [0.25, 0.3) is 0 Å². The monoisotopic (exact) mass is 235 g/mol. The molecule has 3 N–H and O–H groups in total. The highest BCUT2D eigenvalue weighted by Gasteiger charge is 2.19. The summed E-state index contributed by atoms with van der Waals surface area (Å²) >= 11 is 0. The highest BCUT2D eigenvalue weighted by atomic mass is 16.5. The van der Waals surface area contributed by atoms with Gasteiger partial charge in [-0.15, -0.1) is 0 Å². The van der Waals surface area contributed by atoms with E-state index in [1.165, 1.54) is 11.1 Å². The van der Waals surface area contributed by atoms with Crippen molar-refractivity contribution in [2.24, 2.45) is 5.73 Å². The molecule has 1 aliphatic heterocycles. The molecular formula is C14H21NO2. The molecule has 1 aliphatic rings. The van der Waals surface area contributed by atoms with E-state index >= 15 is 0 Å². The van der Waals surface area contributed by atoms with Gasteiger partial charge < -0.3 is 15.6 Å². The Morgan fingerprint density at radius 1 is 1.41 bits per heavy atom. The maximum absolute atomic E-state index is 10.1. The Balaban J connectivity index is 1.95. The van der Waals surface area contributed by atoms with Crippen molar-refractivity contribution in [3.8, 4) is 5.75 Å². The number of aliphatic hydroxyl groups is 1. The quantitative estimate of drug-likeness (QED) is 0.816. The smallest absolute Gasteiger partial charge is 0.122 e. The van der Waals surface area contributed by atoms with E-state index in [0.29, 0.717) is 13.0 Å². The highest BCUT2D eigenvalue weighted by Crippen LogP contribution is 2.27. The van der Waals surface area contributed by atoms with Crippen LogP contribution in [-0.2, 0) is 12.8 Å². The normalized spacial score (nSPS) is 17.4. The Morgan fingerprint density at radius 3 is 3.00 bits per heavy atom. The minimum Gasteiger partial charge on any atom is -0.493 e. The van der Waals surface area contributed by atoms with Crippen LogP contribution in [0.1, 0.15) is 30.9 Å². The number of benzene rings is 1. The minimum absolute atomic E-state index is 0.533. The van der Waals surface area contributed by atoms with Crippen molar-refractivity contribution >= 4 is 0 Å². The fourth-order valence-electron chi connectivity index (χ4n) is 2.24. The van der Waals surface area contributed by atoms with Gasteiger partial charge in [-0.2, -0.15) is 0 Å². The first-order chi connectivity index (χ1) is 8.11. The third-order valence-corrected chi connectivity index (χ3v) is 3.39. The standard InChI is InChI=1S/C14H21NO2/c1-14(16,7-8-15)6-4-11-2-3-13-12(10-11)5-9-17-13/h2-3,10,16H,4-9,15H2,1H3. The molecule has 1 heterocycles. The van der Waals surface area contributed by atoms with E-state index in [1.54, 1.807) is 0 Å². The Hall–Kier alpha value is -1.06. The molecule has 0 saturated heterocycles. The van der Waals surface area contributed by atoms with Gasteiger partial charge in [0.05, 0.1) is 12.2 Å². The van der Waals surface area contributed by atoms with Crippen LogP contribution in [0.5, 0.6) is 5.75 Å². The van der Waals surface area contributed by atoms with Gasteiger partial charge in [0, 0.05) is 6.42 Å². The van der Waals surface area contributed by atoms with Crippen LogP contribution in [0.2, 0.25) is 0 Å². The topological polar surface area (TPSA) is 55.5 Å². The molecular weight excluding hydrogens is 214 g/mol. The van der Waals surface area contributed by atoms with Crippen LogP contribution in [0.3, 0.4) is 0 Å². The molecule has 0 fully saturated rings. The zero-order valence-corrected chi connectivity index (χ0v) is 10.4. The molecule has 0 saturated carbocycles. The second kappa shape index (κ2) is 5.07. The van der Waals surface area contributed by atoms with E-state index in [4.69, 9.17) is 10.5 Å². The van der Waals surface area contributed by atoms with E-state index in [-0.39, 0.29) is 0 Å². The third kappa shape index (κ3) is 3.20. The van der Waals surface area contributed by atoms with Gasteiger partial charge in [-0.05, 0) is 49.9 Å². The van der Waals surface area contributed by atoms with Crippen molar-refractivity contribution in [3.05, 3.63) is 29.3 Å². The number of hydrogen-bond acceptors (Lipinski definition) is 3. The number of hydrogen-bond donors (Lipinski definition) is 2. The molecule has 0 aromatic heterocycles. The molecule has 3 nitrogen and oxygen atoms in total. The van der Waals surface area contributed by atoms with Crippen LogP contribution in [0.15, 0.2) is 18.2 Å². The van der Waals surface area contributed by atoms with Crippen molar-refractivity contribution in [3.63, 3.8) is 0 Å². The maximum Gasteiger partial charge on any atom is 0.122 e. The molecule has 3 heteroatoms. The van der Waals surface area contributed by atoms with Gasteiger partial charge in [0.25, 0.3) is 0 Å². The van der Waals surface area contributed by atoms with E-state index in [2.05, 4.69) is 12.1 Å². The number of nitrogens with two attached hydrogens (primary N) is 1. The summed E-state index contributed by atoms with van der Waals surface area (Å²) in [4.78, 5) is 0. The molecule has 1 unspecified atom stereocenters. The molecule has 17 heavy (non-hydrogen) atoms. The SMILES string of the molecule is CC(O)(CCN)CCc1ccc2c(c1)CCO2. The second-order valence-electron chi connectivity index (χ2n) is 5.08. The third-order valence-electron chi connectivity index (χ3n) is 3.39. The number of ether oxygens (including phenoxy) is 1. The lowest BCUT2D eigenvalue weighted by atomic mass is 9.93. The Morgan fingerprint density at radius 2 is 2.24 bits per heavy atom. The lowest BCUT2D eigenvalue weighted by Crippen LogP contribution is -2.28. The summed E-state index contributed by atoms with van der Waals surface area (Å²) in [7, 11) is 0. The first kappa shape index (κ1) is 12.4. The van der Waals surface area contributed by atoms with Crippen molar-refractivity contribution in [1.29, 1.82) is 0 Å². The van der Waals surface area contributed by atoms with Gasteiger partial charge in [0.1, 0.15) is 5.75 Å². The average molecular weight is 235 g/mol. The van der Waals surface area contributed by atoms with Crippen LogP contribution in [-0.4, -0.2) is 23.9 Å². The predicted molar refractivity (Wildman–Crippen MR) is 68.3 cm³/mol. The number of fused-ring (bicyclic) bond motifs is 1. The summed E-state index contributed by atoms with van der Waals surface area (Å²) in [6.45, 7) is 3.19. The summed E-state index contributed by atoms with van der Waals surface area (Å²) in [6.07, 6.45) is 3.30. The molecule has 0 amide bonds. The Labute approximate surface area is 103 Å². The summed E-state index contributed by atoms with van der Waals surface area (Å²) in [5, 5.41) is 10.1. The molecule has 0 radical (unpaired) electrons. The first-order valence-electron chi connectivity index (χ1n) is 6.28. The molecule has 0 aliphatic carbocycles. The number of rotatable bonds is 5. The predicted octanol–water partition coefficient (Wildman–Crippen LogP) is 1.65. The first-order valence-corrected chi connectivity index (χ1v) is 6.28. The second-order valence-corrected chi connectivity index (χ2v) is 5.08. The number of aryl methyl sites for hydroxylation is 1. The molecule has 94 valence electrons. The fraction of sp³-hybridized carbons (Fsp3) is 0.571. The van der Waals surface area contributed by atoms with Crippen molar-refractivity contribution < 1.29 is 9.84 Å². The zero-order chi connectivity index (χ0) is 12.3. The van der Waals surface area contributed by atoms with Gasteiger partial charge in [-0.25, -0.2) is 0 Å². The average Bonchev–Trinajstić information content (AvgIpc) is 2.73. The molecule has 0 spiro atoms. The summed E-state index contributed by atoms with van der Waals surface area (Å²) < 4.78 is 5.47. The van der Waals surface area contributed by atoms with Gasteiger partial charge >= 0.3 is 0 Å². The molecule has 0 bridgehead atoms. The lowest BCUT2D eigenvalue weighted by Gasteiger charge is -2.22. The molecule has 2 rings (SSSR count). The van der Waals surface area contributed by atoms with Crippen LogP contribution >= 0.6 is 0 Å². The van der Waals surface area contributed by atoms with Crippen molar-refractivity contribution in [2.75, 3.05) is 13.2 Å². The van der Waals surface area contributed by atoms with E-state index < -0.39 is 5.60 Å². The molecule has 1 atom stereocenters. The van der Waals surface area contributed by atoms with Gasteiger partial charge in [-0.1, -0.05) is 12.1 Å². The van der Waals surface area contributed by atoms with Crippen molar-refractivity contribution in [1.82, 2.24) is 0 Å². The van der Waals surface area contributed by atoms with E-state index in [1.807, 2.05) is 13.0 Å². The van der Waals surface area contributed by atoms with E-state index in [0.717, 1.165) is 31.6 Å². The summed E-state index contributed by atoms with van der Waals surface area (Å²) in [6, 6.07) is 6.32. The molecule has 1 aromatic rings. The molecule has 1 aromatic carbocycles. The van der Waals surface area contributed by atoms with Crippen molar-refractivity contribution in [2.45, 2.75) is 38.2 Å². The zero-order valence-electron chi connectivity index (χ0n) is 10.4. The van der Waals surface area contributed by atoms with E-state index in [9.17, 15) is 5.11 Å². The van der Waals surface area contributed by atoms with Crippen LogP contribution in [0, 0.1) is 0 Å². The van der Waals surface area contributed by atoms with Gasteiger partial charge in [0.15, 0.2) is 0 Å². The van der Waals surface area contributed by atoms with Gasteiger partial charge in [0.2, 0.25) is 0 Å². The van der Waals surface area contributed by atoms with Crippen LogP contribution < -0.4 is 10.5 Å². The lowest BCUT2D eigenvalue weighted by molar-refractivity contribution is 0.0448. The summed E-state index contributed by atoms with van der Waals surface area (Å²) in [5.41, 5.74) is 7.39. The van der Waals surface area contributed by atoms with Crippen LogP contribution in [0.4, 0.5) is 0 Å². The van der Waals surface area contributed by atoms with Gasteiger partial charge in [-0.3, -0.25) is 0 Å². The fourth-order valence-corrected chi connectivity index (χ4v) is 2.24. The largest absolute Gasteiger partial charge is 0.493 e. The summed E-state index contributed by atoms with van der Waals surface area (Å²) in [5.74, 6) is 1.02. The Bertz CT molecular complexity index is 388. The maximum atomic E-state index is 10.1. The highest BCUT2D eigenvalue weighted by molar-refractivity contribution is 5.39. The Kier molecular flexibility index (Phi) is 3.69. The minimum atomic E-state index is -0.649.